The molecular weight excluding hydrogens is 288 g/mol. The average Bonchev–Trinajstić information content (AvgIpc) is 2.98. The van der Waals surface area contributed by atoms with E-state index in [1.807, 2.05) is 13.8 Å². The van der Waals surface area contributed by atoms with Gasteiger partial charge in [0, 0.05) is 18.8 Å². The summed E-state index contributed by atoms with van der Waals surface area (Å²) in [6, 6.07) is 3.20. The van der Waals surface area contributed by atoms with Gasteiger partial charge in [0.15, 0.2) is 5.03 Å². The van der Waals surface area contributed by atoms with Gasteiger partial charge >= 0.3 is 0 Å². The minimum Gasteiger partial charge on any atom is -0.392 e. The van der Waals surface area contributed by atoms with Gasteiger partial charge in [-0.05, 0) is 30.4 Å². The van der Waals surface area contributed by atoms with E-state index < -0.39 is 10.0 Å². The topological polar surface area (TPSA) is 70.5 Å². The second-order valence-corrected chi connectivity index (χ2v) is 7.91. The Bertz CT molecular complexity index is 549. The number of aliphatic hydroxyl groups is 1. The summed E-state index contributed by atoms with van der Waals surface area (Å²) in [5.41, 5.74) is 0.616. The molecule has 2 rings (SSSR count). The number of hydrogen-bond donors (Lipinski definition) is 1. The number of pyridine rings is 1. The first kappa shape index (κ1) is 16.4. The fourth-order valence-corrected chi connectivity index (χ4v) is 4.54. The molecule has 1 aromatic heterocycles. The van der Waals surface area contributed by atoms with E-state index in [2.05, 4.69) is 4.98 Å². The van der Waals surface area contributed by atoms with Crippen molar-refractivity contribution in [1.29, 1.82) is 0 Å². The third kappa shape index (κ3) is 3.81. The smallest absolute Gasteiger partial charge is 0.260 e. The number of sulfonamides is 1. The maximum absolute atomic E-state index is 12.9. The lowest BCUT2D eigenvalue weighted by Gasteiger charge is -2.29. The molecule has 5 nitrogen and oxygen atoms in total. The Morgan fingerprint density at radius 1 is 1.33 bits per heavy atom. The van der Waals surface area contributed by atoms with Gasteiger partial charge in [0.05, 0.1) is 6.61 Å². The van der Waals surface area contributed by atoms with Crippen molar-refractivity contribution in [3.8, 4) is 0 Å². The molecule has 118 valence electrons. The van der Waals surface area contributed by atoms with E-state index in [9.17, 15) is 8.42 Å². The lowest BCUT2D eigenvalue weighted by Crippen LogP contribution is -2.41. The van der Waals surface area contributed by atoms with Gasteiger partial charge in [-0.2, -0.15) is 4.31 Å². The molecule has 0 radical (unpaired) electrons. The third-order valence-electron chi connectivity index (χ3n) is 3.83. The van der Waals surface area contributed by atoms with E-state index in [1.54, 1.807) is 10.4 Å². The van der Waals surface area contributed by atoms with E-state index in [-0.39, 0.29) is 23.6 Å². The third-order valence-corrected chi connectivity index (χ3v) is 5.66. The van der Waals surface area contributed by atoms with Gasteiger partial charge in [0.1, 0.15) is 0 Å². The summed E-state index contributed by atoms with van der Waals surface area (Å²) in [5, 5.41) is 9.11. The molecule has 1 fully saturated rings. The molecule has 0 bridgehead atoms. The first-order valence-electron chi connectivity index (χ1n) is 7.52. The molecule has 6 heteroatoms. The SMILES string of the molecule is CC(C)CN(C1CCCC1)S(=O)(=O)c1ccc(CO)cn1. The molecule has 1 heterocycles. The van der Waals surface area contributed by atoms with Gasteiger partial charge in [0.25, 0.3) is 10.0 Å². The standard InChI is InChI=1S/C15H24N2O3S/c1-12(2)10-17(14-5-3-4-6-14)21(19,20)15-8-7-13(11-18)9-16-15/h7-9,12,14,18H,3-6,10-11H2,1-2H3. The van der Waals surface area contributed by atoms with Gasteiger partial charge in [-0.15, -0.1) is 0 Å². The molecule has 0 amide bonds. The van der Waals surface area contributed by atoms with E-state index in [0.29, 0.717) is 12.1 Å². The molecule has 0 spiro atoms. The van der Waals surface area contributed by atoms with Crippen molar-refractivity contribution in [3.05, 3.63) is 23.9 Å². The average molecular weight is 312 g/mol. The molecule has 0 saturated heterocycles. The summed E-state index contributed by atoms with van der Waals surface area (Å²) in [4.78, 5) is 4.03. The Morgan fingerprint density at radius 2 is 2.00 bits per heavy atom. The molecule has 1 aliphatic rings. The normalized spacial score (nSPS) is 17.0. The Kier molecular flexibility index (Phi) is 5.35. The van der Waals surface area contributed by atoms with Gasteiger partial charge in [0.2, 0.25) is 0 Å². The van der Waals surface area contributed by atoms with Crippen LogP contribution in [0.25, 0.3) is 0 Å². The summed E-state index contributed by atoms with van der Waals surface area (Å²) >= 11 is 0. The van der Waals surface area contributed by atoms with E-state index in [1.165, 1.54) is 12.3 Å². The maximum atomic E-state index is 12.9. The Morgan fingerprint density at radius 3 is 2.48 bits per heavy atom. The summed E-state index contributed by atoms with van der Waals surface area (Å²) in [7, 11) is -3.56. The van der Waals surface area contributed by atoms with Crippen LogP contribution in [0.1, 0.15) is 45.1 Å². The predicted octanol–water partition coefficient (Wildman–Crippen LogP) is 2.16. The summed E-state index contributed by atoms with van der Waals surface area (Å²) in [5.74, 6) is 0.275. The largest absolute Gasteiger partial charge is 0.392 e. The highest BCUT2D eigenvalue weighted by atomic mass is 32.2. The van der Waals surface area contributed by atoms with Crippen LogP contribution in [0.15, 0.2) is 23.4 Å². The van der Waals surface area contributed by atoms with Crippen LogP contribution in [0, 0.1) is 5.92 Å². The lowest BCUT2D eigenvalue weighted by atomic mass is 10.2. The molecule has 0 aromatic carbocycles. The van der Waals surface area contributed by atoms with Crippen LogP contribution in [0.4, 0.5) is 0 Å². The molecule has 0 aliphatic heterocycles. The summed E-state index contributed by atoms with van der Waals surface area (Å²) in [6.07, 6.45) is 5.47. The molecule has 1 N–H and O–H groups in total. The van der Waals surface area contributed by atoms with Crippen molar-refractivity contribution in [2.24, 2.45) is 5.92 Å². The van der Waals surface area contributed by atoms with Crippen molar-refractivity contribution in [1.82, 2.24) is 9.29 Å². The number of aromatic nitrogens is 1. The van der Waals surface area contributed by atoms with E-state index in [4.69, 9.17) is 5.11 Å². The molecule has 1 saturated carbocycles. The number of hydrogen-bond acceptors (Lipinski definition) is 4. The van der Waals surface area contributed by atoms with Crippen LogP contribution >= 0.6 is 0 Å². The van der Waals surface area contributed by atoms with Crippen LogP contribution < -0.4 is 0 Å². The molecule has 0 atom stereocenters. The minimum atomic E-state index is -3.56. The Labute approximate surface area is 127 Å². The van der Waals surface area contributed by atoms with Crippen LogP contribution in [0.2, 0.25) is 0 Å². The fourth-order valence-electron chi connectivity index (χ4n) is 2.77. The zero-order valence-corrected chi connectivity index (χ0v) is 13.5. The molecular formula is C15H24N2O3S. The zero-order chi connectivity index (χ0) is 15.5. The molecule has 1 aromatic rings. The van der Waals surface area contributed by atoms with Crippen LogP contribution in [0.3, 0.4) is 0 Å². The highest BCUT2D eigenvalue weighted by Gasteiger charge is 2.34. The highest BCUT2D eigenvalue weighted by Crippen LogP contribution is 2.28. The molecule has 0 unspecified atom stereocenters. The molecule has 1 aliphatic carbocycles. The summed E-state index contributed by atoms with van der Waals surface area (Å²) in [6.45, 7) is 4.45. The van der Waals surface area contributed by atoms with Crippen molar-refractivity contribution in [2.45, 2.75) is 57.2 Å². The van der Waals surface area contributed by atoms with Crippen molar-refractivity contribution in [2.75, 3.05) is 6.54 Å². The number of aliphatic hydroxyl groups excluding tert-OH is 1. The van der Waals surface area contributed by atoms with Crippen molar-refractivity contribution < 1.29 is 13.5 Å². The van der Waals surface area contributed by atoms with E-state index >= 15 is 0 Å². The van der Waals surface area contributed by atoms with Gasteiger partial charge in [-0.1, -0.05) is 32.8 Å². The Hall–Kier alpha value is -0.980. The van der Waals surface area contributed by atoms with Crippen LogP contribution in [0.5, 0.6) is 0 Å². The van der Waals surface area contributed by atoms with Crippen molar-refractivity contribution >= 4 is 10.0 Å². The second kappa shape index (κ2) is 6.85. The second-order valence-electron chi connectivity index (χ2n) is 6.07. The minimum absolute atomic E-state index is 0.0762. The maximum Gasteiger partial charge on any atom is 0.260 e. The van der Waals surface area contributed by atoms with E-state index in [0.717, 1.165) is 25.7 Å². The number of nitrogens with zero attached hydrogens (tertiary/aromatic N) is 2. The molecule has 21 heavy (non-hydrogen) atoms. The van der Waals surface area contributed by atoms with Crippen LogP contribution in [-0.2, 0) is 16.6 Å². The quantitative estimate of drug-likeness (QED) is 0.874. The van der Waals surface area contributed by atoms with Gasteiger partial charge in [-0.3, -0.25) is 0 Å². The monoisotopic (exact) mass is 312 g/mol. The predicted molar refractivity (Wildman–Crippen MR) is 81.1 cm³/mol. The highest BCUT2D eigenvalue weighted by molar-refractivity contribution is 7.89. The first-order chi connectivity index (χ1) is 9.95. The lowest BCUT2D eigenvalue weighted by molar-refractivity contribution is 0.280. The van der Waals surface area contributed by atoms with Crippen LogP contribution in [-0.4, -0.2) is 35.4 Å². The summed E-state index contributed by atoms with van der Waals surface area (Å²) < 4.78 is 27.3. The van der Waals surface area contributed by atoms with Crippen molar-refractivity contribution in [3.63, 3.8) is 0 Å². The number of rotatable bonds is 6. The Balaban J connectivity index is 2.30. The zero-order valence-electron chi connectivity index (χ0n) is 12.7. The van der Waals surface area contributed by atoms with Gasteiger partial charge in [-0.25, -0.2) is 13.4 Å². The fraction of sp³-hybridized carbons (Fsp3) is 0.667. The first-order valence-corrected chi connectivity index (χ1v) is 8.96. The van der Waals surface area contributed by atoms with Gasteiger partial charge < -0.3 is 5.11 Å².